The third kappa shape index (κ3) is 7.16. The normalized spacial score (nSPS) is 11.6. The summed E-state index contributed by atoms with van der Waals surface area (Å²) in [4.78, 5) is 24.8. The van der Waals surface area contributed by atoms with Gasteiger partial charge in [0, 0.05) is 21.8 Å². The standard InChI is InChI=1S/C27H26ClN3O2/c1-18(2)21-9-7-20(8-10-21)15-19(3)17-29-31-27(33)23-5-4-6-25(16-23)30-26(32)22-11-13-24(28)14-12-22/h4-18H,1-3H3,(H,30,32)(H,31,33)/b19-15-,29-17?. The van der Waals surface area contributed by atoms with Crippen molar-refractivity contribution in [3.05, 3.63) is 106 Å². The largest absolute Gasteiger partial charge is 0.322 e. The molecule has 5 nitrogen and oxygen atoms in total. The first-order valence-electron chi connectivity index (χ1n) is 10.6. The molecule has 0 unspecified atom stereocenters. The van der Waals surface area contributed by atoms with Gasteiger partial charge in [-0.1, -0.05) is 61.9 Å². The van der Waals surface area contributed by atoms with E-state index < -0.39 is 0 Å². The number of anilines is 1. The van der Waals surface area contributed by atoms with Crippen molar-refractivity contribution in [3.8, 4) is 0 Å². The molecular formula is C27H26ClN3O2. The Morgan fingerprint density at radius 2 is 1.61 bits per heavy atom. The number of amides is 2. The second-order valence-corrected chi connectivity index (χ2v) is 8.39. The lowest BCUT2D eigenvalue weighted by molar-refractivity contribution is 0.0953. The Balaban J connectivity index is 1.59. The quantitative estimate of drug-likeness (QED) is 0.311. The molecule has 33 heavy (non-hydrogen) atoms. The van der Waals surface area contributed by atoms with E-state index in [0.29, 0.717) is 27.8 Å². The minimum atomic E-state index is -0.372. The van der Waals surface area contributed by atoms with Crippen molar-refractivity contribution in [2.75, 3.05) is 5.32 Å². The van der Waals surface area contributed by atoms with E-state index in [-0.39, 0.29) is 11.8 Å². The lowest BCUT2D eigenvalue weighted by Gasteiger charge is -2.07. The van der Waals surface area contributed by atoms with E-state index in [4.69, 9.17) is 11.6 Å². The fourth-order valence-electron chi connectivity index (χ4n) is 3.08. The highest BCUT2D eigenvalue weighted by molar-refractivity contribution is 6.30. The molecular weight excluding hydrogens is 434 g/mol. The van der Waals surface area contributed by atoms with Gasteiger partial charge in [-0.3, -0.25) is 9.59 Å². The maximum absolute atomic E-state index is 12.5. The lowest BCUT2D eigenvalue weighted by atomic mass is 10.0. The number of hydrogen-bond donors (Lipinski definition) is 2. The number of hydrazone groups is 1. The minimum absolute atomic E-state index is 0.288. The van der Waals surface area contributed by atoms with Gasteiger partial charge in [-0.05, 0) is 72.0 Å². The van der Waals surface area contributed by atoms with Crippen LogP contribution in [0.25, 0.3) is 6.08 Å². The summed E-state index contributed by atoms with van der Waals surface area (Å²) in [6.07, 6.45) is 3.59. The van der Waals surface area contributed by atoms with E-state index >= 15 is 0 Å². The van der Waals surface area contributed by atoms with E-state index in [9.17, 15) is 9.59 Å². The summed E-state index contributed by atoms with van der Waals surface area (Å²) in [5.74, 6) is -0.169. The number of allylic oxidation sites excluding steroid dienone is 1. The van der Waals surface area contributed by atoms with Crippen molar-refractivity contribution in [3.63, 3.8) is 0 Å². The van der Waals surface area contributed by atoms with Crippen LogP contribution in [0.4, 0.5) is 5.69 Å². The van der Waals surface area contributed by atoms with Crippen molar-refractivity contribution in [2.24, 2.45) is 5.10 Å². The van der Waals surface area contributed by atoms with Crippen LogP contribution in [0.5, 0.6) is 0 Å². The van der Waals surface area contributed by atoms with Crippen molar-refractivity contribution in [2.45, 2.75) is 26.7 Å². The molecule has 0 heterocycles. The second kappa shape index (κ2) is 11.2. The fraction of sp³-hybridized carbons (Fsp3) is 0.148. The second-order valence-electron chi connectivity index (χ2n) is 7.95. The summed E-state index contributed by atoms with van der Waals surface area (Å²) in [6.45, 7) is 6.24. The highest BCUT2D eigenvalue weighted by Gasteiger charge is 2.09. The predicted octanol–water partition coefficient (Wildman–Crippen LogP) is 6.53. The average molecular weight is 460 g/mol. The van der Waals surface area contributed by atoms with Gasteiger partial charge in [-0.2, -0.15) is 5.10 Å². The summed E-state index contributed by atoms with van der Waals surface area (Å²) in [5.41, 5.74) is 7.14. The first kappa shape index (κ1) is 24.0. The Morgan fingerprint density at radius 3 is 2.27 bits per heavy atom. The summed E-state index contributed by atoms with van der Waals surface area (Å²) < 4.78 is 0. The van der Waals surface area contributed by atoms with Crippen molar-refractivity contribution in [1.29, 1.82) is 0 Å². The Hall–Kier alpha value is -3.70. The molecule has 2 amide bonds. The van der Waals surface area contributed by atoms with Gasteiger partial charge in [0.1, 0.15) is 0 Å². The van der Waals surface area contributed by atoms with Crippen LogP contribution in [0, 0.1) is 0 Å². The van der Waals surface area contributed by atoms with Crippen LogP contribution in [0.1, 0.15) is 58.5 Å². The smallest absolute Gasteiger partial charge is 0.271 e. The highest BCUT2D eigenvalue weighted by atomic mass is 35.5. The van der Waals surface area contributed by atoms with Crippen LogP contribution < -0.4 is 10.7 Å². The molecule has 3 aromatic rings. The van der Waals surface area contributed by atoms with Crippen molar-refractivity contribution < 1.29 is 9.59 Å². The predicted molar refractivity (Wildman–Crippen MR) is 136 cm³/mol. The van der Waals surface area contributed by atoms with Crippen LogP contribution in [0.2, 0.25) is 5.02 Å². The van der Waals surface area contributed by atoms with Gasteiger partial charge < -0.3 is 5.32 Å². The molecule has 3 rings (SSSR count). The molecule has 3 aromatic carbocycles. The van der Waals surface area contributed by atoms with Gasteiger partial charge in [0.15, 0.2) is 0 Å². The SMILES string of the molecule is C/C(C=NNC(=O)c1cccc(NC(=O)c2ccc(Cl)cc2)c1)=C/c1ccc(C(C)C)cc1. The zero-order chi connectivity index (χ0) is 23.8. The number of nitrogens with zero attached hydrogens (tertiary/aromatic N) is 1. The third-order valence-corrected chi connectivity index (χ3v) is 5.17. The van der Waals surface area contributed by atoms with E-state index in [0.717, 1.165) is 11.1 Å². The van der Waals surface area contributed by atoms with E-state index in [1.807, 2.05) is 13.0 Å². The molecule has 0 aliphatic carbocycles. The molecule has 0 bridgehead atoms. The molecule has 0 atom stereocenters. The summed E-state index contributed by atoms with van der Waals surface area (Å²) in [7, 11) is 0. The third-order valence-electron chi connectivity index (χ3n) is 4.92. The number of benzene rings is 3. The Kier molecular flexibility index (Phi) is 8.17. The summed E-state index contributed by atoms with van der Waals surface area (Å²) in [6, 6.07) is 21.6. The molecule has 0 aliphatic rings. The number of halogens is 1. The number of carbonyl (C=O) groups is 2. The number of nitrogens with one attached hydrogen (secondary N) is 2. The van der Waals surface area contributed by atoms with Crippen LogP contribution >= 0.6 is 11.6 Å². The summed E-state index contributed by atoms with van der Waals surface area (Å²) >= 11 is 5.86. The average Bonchev–Trinajstić information content (AvgIpc) is 2.80. The maximum Gasteiger partial charge on any atom is 0.271 e. The van der Waals surface area contributed by atoms with Crippen LogP contribution in [0.15, 0.2) is 83.5 Å². The van der Waals surface area contributed by atoms with E-state index in [2.05, 4.69) is 54.0 Å². The molecule has 168 valence electrons. The van der Waals surface area contributed by atoms with Crippen molar-refractivity contribution in [1.82, 2.24) is 5.43 Å². The Bertz CT molecular complexity index is 1180. The first-order chi connectivity index (χ1) is 15.8. The van der Waals surface area contributed by atoms with Crippen LogP contribution in [-0.4, -0.2) is 18.0 Å². The first-order valence-corrected chi connectivity index (χ1v) is 11.0. The zero-order valence-electron chi connectivity index (χ0n) is 18.8. The van der Waals surface area contributed by atoms with Gasteiger partial charge in [0.25, 0.3) is 11.8 Å². The van der Waals surface area contributed by atoms with Gasteiger partial charge in [0.05, 0.1) is 6.21 Å². The minimum Gasteiger partial charge on any atom is -0.322 e. The molecule has 2 N–H and O–H groups in total. The number of rotatable bonds is 7. The molecule has 0 saturated carbocycles. The van der Waals surface area contributed by atoms with E-state index in [1.54, 1.807) is 54.7 Å². The Labute approximate surface area is 199 Å². The van der Waals surface area contributed by atoms with Gasteiger partial charge in [-0.25, -0.2) is 5.43 Å². The number of carbonyl (C=O) groups excluding carboxylic acids is 2. The summed E-state index contributed by atoms with van der Waals surface area (Å²) in [5, 5.41) is 7.37. The molecule has 0 saturated heterocycles. The van der Waals surface area contributed by atoms with E-state index in [1.165, 1.54) is 5.56 Å². The highest BCUT2D eigenvalue weighted by Crippen LogP contribution is 2.16. The Morgan fingerprint density at radius 1 is 0.909 bits per heavy atom. The maximum atomic E-state index is 12.5. The van der Waals surface area contributed by atoms with Gasteiger partial charge in [-0.15, -0.1) is 0 Å². The molecule has 0 fully saturated rings. The molecule has 0 spiro atoms. The van der Waals surface area contributed by atoms with Crippen LogP contribution in [-0.2, 0) is 0 Å². The molecule has 0 aromatic heterocycles. The zero-order valence-corrected chi connectivity index (χ0v) is 19.6. The topological polar surface area (TPSA) is 70.6 Å². The fourth-order valence-corrected chi connectivity index (χ4v) is 3.20. The van der Waals surface area contributed by atoms with Gasteiger partial charge in [0.2, 0.25) is 0 Å². The van der Waals surface area contributed by atoms with Gasteiger partial charge >= 0.3 is 0 Å². The lowest BCUT2D eigenvalue weighted by Crippen LogP contribution is -2.18. The molecule has 6 heteroatoms. The molecule has 0 aliphatic heterocycles. The monoisotopic (exact) mass is 459 g/mol. The number of hydrogen-bond acceptors (Lipinski definition) is 3. The van der Waals surface area contributed by atoms with Crippen molar-refractivity contribution >= 4 is 41.4 Å². The van der Waals surface area contributed by atoms with Crippen LogP contribution in [0.3, 0.4) is 0 Å². The molecule has 0 radical (unpaired) electrons.